The van der Waals surface area contributed by atoms with E-state index in [0.29, 0.717) is 36.7 Å². The lowest BCUT2D eigenvalue weighted by Crippen LogP contribution is -2.39. The molecule has 0 atom stereocenters. The Morgan fingerprint density at radius 3 is 2.27 bits per heavy atom. The monoisotopic (exact) mass is 544 g/mol. The van der Waals surface area contributed by atoms with Crippen LogP contribution in [0.3, 0.4) is 0 Å². The number of rotatable bonds is 5. The van der Waals surface area contributed by atoms with Crippen molar-refractivity contribution >= 4 is 35.1 Å². The van der Waals surface area contributed by atoms with Gasteiger partial charge in [-0.25, -0.2) is 14.8 Å². The van der Waals surface area contributed by atoms with Gasteiger partial charge in [-0.2, -0.15) is 0 Å². The summed E-state index contributed by atoms with van der Waals surface area (Å²) >= 11 is 0. The van der Waals surface area contributed by atoms with E-state index < -0.39 is 11.5 Å². The average Bonchev–Trinajstić information content (AvgIpc) is 3.17. The lowest BCUT2D eigenvalue weighted by atomic mass is 10.1. The van der Waals surface area contributed by atoms with Crippen molar-refractivity contribution in [2.24, 2.45) is 0 Å². The summed E-state index contributed by atoms with van der Waals surface area (Å²) in [4.78, 5) is 51.0. The van der Waals surface area contributed by atoms with E-state index in [1.165, 1.54) is 0 Å². The van der Waals surface area contributed by atoms with E-state index in [1.807, 2.05) is 52.8 Å². The van der Waals surface area contributed by atoms with Crippen LogP contribution in [0.4, 0.5) is 22.0 Å². The Bertz CT molecular complexity index is 1370. The number of amides is 3. The molecule has 0 unspecified atom stereocenters. The number of aryl methyl sites for hydroxylation is 2. The number of aromatic nitrogens is 2. The molecule has 2 aromatic heterocycles. The zero-order valence-corrected chi connectivity index (χ0v) is 23.7. The van der Waals surface area contributed by atoms with Gasteiger partial charge in [0.25, 0.3) is 11.8 Å². The molecular weight excluding hydrogens is 508 g/mol. The normalized spacial score (nSPS) is 13.8. The fraction of sp³-hybridized carbons (Fsp3) is 0.367. The number of carbonyl (C=O) groups excluding carboxylic acids is 3. The predicted molar refractivity (Wildman–Crippen MR) is 155 cm³/mol. The molecule has 1 aliphatic rings. The Kier molecular flexibility index (Phi) is 8.67. The standard InChI is InChI=1S/C30H36N6O4/c1-20-7-10-24(23(17-20)27(37)34-26-12-8-21(2)18-32-26)33-28(38)25-11-9-22(19-31-25)35-13-6-14-36(16-15-35)29(39)40-30(3,4)5/h7-12,17-19H,6,13-16H2,1-5H3,(H,33,38)(H,32,34,37). The first-order valence-corrected chi connectivity index (χ1v) is 13.3. The van der Waals surface area contributed by atoms with Crippen LogP contribution in [0.5, 0.6) is 0 Å². The molecule has 4 rings (SSSR count). The third-order valence-electron chi connectivity index (χ3n) is 6.31. The van der Waals surface area contributed by atoms with Gasteiger partial charge in [0.15, 0.2) is 0 Å². The second-order valence-corrected chi connectivity index (χ2v) is 10.9. The number of hydrogen-bond donors (Lipinski definition) is 2. The first-order chi connectivity index (χ1) is 19.0. The minimum atomic E-state index is -0.537. The van der Waals surface area contributed by atoms with Crippen molar-refractivity contribution in [1.82, 2.24) is 14.9 Å². The second kappa shape index (κ2) is 12.1. The van der Waals surface area contributed by atoms with Crippen LogP contribution >= 0.6 is 0 Å². The molecule has 210 valence electrons. The van der Waals surface area contributed by atoms with Gasteiger partial charge in [0.1, 0.15) is 17.1 Å². The van der Waals surface area contributed by atoms with Crippen LogP contribution in [0.1, 0.15) is 59.2 Å². The summed E-state index contributed by atoms with van der Waals surface area (Å²) in [6.45, 7) is 11.9. The first kappa shape index (κ1) is 28.5. The maximum Gasteiger partial charge on any atom is 0.410 e. The molecule has 0 saturated carbocycles. The van der Waals surface area contributed by atoms with Crippen LogP contribution in [0.25, 0.3) is 0 Å². The molecule has 10 nitrogen and oxygen atoms in total. The largest absolute Gasteiger partial charge is 0.444 e. The average molecular weight is 545 g/mol. The number of nitrogens with zero attached hydrogens (tertiary/aromatic N) is 4. The summed E-state index contributed by atoms with van der Waals surface area (Å²) in [5.41, 5.74) is 3.12. The topological polar surface area (TPSA) is 117 Å². The molecule has 0 spiro atoms. The highest BCUT2D eigenvalue weighted by Crippen LogP contribution is 2.21. The Morgan fingerprint density at radius 2 is 1.60 bits per heavy atom. The molecule has 40 heavy (non-hydrogen) atoms. The SMILES string of the molecule is Cc1ccc(NC(=O)c2cc(C)ccc2NC(=O)c2ccc(N3CCCN(C(=O)OC(C)(C)C)CC3)cn2)nc1. The minimum absolute atomic E-state index is 0.223. The van der Waals surface area contributed by atoms with Gasteiger partial charge in [0, 0.05) is 32.4 Å². The molecule has 1 aliphatic heterocycles. The van der Waals surface area contributed by atoms with E-state index in [9.17, 15) is 14.4 Å². The van der Waals surface area contributed by atoms with Crippen molar-refractivity contribution in [3.8, 4) is 0 Å². The summed E-state index contributed by atoms with van der Waals surface area (Å²) in [6, 6.07) is 12.3. The van der Waals surface area contributed by atoms with Gasteiger partial charge in [-0.05, 0) is 76.9 Å². The zero-order valence-electron chi connectivity index (χ0n) is 23.7. The van der Waals surface area contributed by atoms with Crippen LogP contribution < -0.4 is 15.5 Å². The maximum atomic E-state index is 13.1. The van der Waals surface area contributed by atoms with Crippen molar-refractivity contribution in [2.45, 2.75) is 46.6 Å². The van der Waals surface area contributed by atoms with Crippen molar-refractivity contribution < 1.29 is 19.1 Å². The van der Waals surface area contributed by atoms with E-state index in [4.69, 9.17) is 4.74 Å². The predicted octanol–water partition coefficient (Wildman–Crippen LogP) is 5.05. The lowest BCUT2D eigenvalue weighted by molar-refractivity contribution is 0.0263. The van der Waals surface area contributed by atoms with Gasteiger partial charge in [0.2, 0.25) is 0 Å². The summed E-state index contributed by atoms with van der Waals surface area (Å²) in [6.07, 6.45) is 3.81. The first-order valence-electron chi connectivity index (χ1n) is 13.3. The number of benzene rings is 1. The van der Waals surface area contributed by atoms with Crippen LogP contribution in [0.15, 0.2) is 54.9 Å². The fourth-order valence-corrected chi connectivity index (χ4v) is 4.26. The van der Waals surface area contributed by atoms with E-state index in [2.05, 4.69) is 25.5 Å². The third kappa shape index (κ3) is 7.56. The highest BCUT2D eigenvalue weighted by atomic mass is 16.6. The Balaban J connectivity index is 1.41. The van der Waals surface area contributed by atoms with Crippen LogP contribution in [-0.2, 0) is 4.74 Å². The smallest absolute Gasteiger partial charge is 0.410 e. The van der Waals surface area contributed by atoms with E-state index >= 15 is 0 Å². The summed E-state index contributed by atoms with van der Waals surface area (Å²) in [7, 11) is 0. The summed E-state index contributed by atoms with van der Waals surface area (Å²) in [5.74, 6) is -0.375. The van der Waals surface area contributed by atoms with Crippen molar-refractivity contribution in [3.05, 3.63) is 77.2 Å². The number of anilines is 3. The van der Waals surface area contributed by atoms with E-state index in [0.717, 1.165) is 29.8 Å². The van der Waals surface area contributed by atoms with Gasteiger partial charge >= 0.3 is 6.09 Å². The number of hydrogen-bond acceptors (Lipinski definition) is 7. The maximum absolute atomic E-state index is 13.1. The minimum Gasteiger partial charge on any atom is -0.444 e. The van der Waals surface area contributed by atoms with E-state index in [-0.39, 0.29) is 17.7 Å². The zero-order chi connectivity index (χ0) is 28.9. The molecule has 1 saturated heterocycles. The van der Waals surface area contributed by atoms with Gasteiger partial charge in [-0.1, -0.05) is 17.7 Å². The molecular formula is C30H36N6O4. The van der Waals surface area contributed by atoms with Crippen LogP contribution in [0, 0.1) is 13.8 Å². The summed E-state index contributed by atoms with van der Waals surface area (Å²) in [5, 5.41) is 5.60. The van der Waals surface area contributed by atoms with Crippen LogP contribution in [-0.4, -0.2) is 64.6 Å². The quantitative estimate of drug-likeness (QED) is 0.462. The molecule has 0 aliphatic carbocycles. The van der Waals surface area contributed by atoms with Crippen LogP contribution in [0.2, 0.25) is 0 Å². The fourth-order valence-electron chi connectivity index (χ4n) is 4.26. The molecule has 3 amide bonds. The van der Waals surface area contributed by atoms with Gasteiger partial charge in [-0.3, -0.25) is 9.59 Å². The van der Waals surface area contributed by atoms with Crippen molar-refractivity contribution in [2.75, 3.05) is 41.7 Å². The molecule has 1 aromatic carbocycles. The highest BCUT2D eigenvalue weighted by molar-refractivity contribution is 6.12. The molecule has 2 N–H and O–H groups in total. The number of nitrogens with one attached hydrogen (secondary N) is 2. The van der Waals surface area contributed by atoms with Crippen molar-refractivity contribution in [1.29, 1.82) is 0 Å². The van der Waals surface area contributed by atoms with E-state index in [1.54, 1.807) is 41.6 Å². The van der Waals surface area contributed by atoms with Gasteiger partial charge in [0.05, 0.1) is 23.1 Å². The Morgan fingerprint density at radius 1 is 0.825 bits per heavy atom. The molecule has 0 bridgehead atoms. The Labute approximate surface area is 234 Å². The van der Waals surface area contributed by atoms with Crippen molar-refractivity contribution in [3.63, 3.8) is 0 Å². The molecule has 10 heteroatoms. The molecule has 3 heterocycles. The third-order valence-corrected chi connectivity index (χ3v) is 6.31. The van der Waals surface area contributed by atoms with Gasteiger partial charge in [-0.15, -0.1) is 0 Å². The Hall–Kier alpha value is -4.47. The summed E-state index contributed by atoms with van der Waals surface area (Å²) < 4.78 is 5.51. The number of pyridine rings is 2. The number of ether oxygens (including phenoxy) is 1. The molecule has 1 fully saturated rings. The lowest BCUT2D eigenvalue weighted by Gasteiger charge is -2.26. The number of carbonyl (C=O) groups is 3. The second-order valence-electron chi connectivity index (χ2n) is 10.9. The molecule has 0 radical (unpaired) electrons. The van der Waals surface area contributed by atoms with Gasteiger partial charge < -0.3 is 25.2 Å². The highest BCUT2D eigenvalue weighted by Gasteiger charge is 2.25. The molecule has 3 aromatic rings.